The van der Waals surface area contributed by atoms with Crippen LogP contribution in [0.2, 0.25) is 0 Å². The second-order valence-electron chi connectivity index (χ2n) is 4.29. The van der Waals surface area contributed by atoms with Crippen LogP contribution >= 0.6 is 0 Å². The number of rotatable bonds is 6. The molecule has 1 aromatic rings. The zero-order chi connectivity index (χ0) is 13.5. The second-order valence-corrected chi connectivity index (χ2v) is 4.29. The van der Waals surface area contributed by atoms with E-state index < -0.39 is 12.0 Å². The highest BCUT2D eigenvalue weighted by molar-refractivity contribution is 5.85. The van der Waals surface area contributed by atoms with E-state index in [0.29, 0.717) is 5.56 Å². The summed E-state index contributed by atoms with van der Waals surface area (Å²) < 4.78 is 0. The van der Waals surface area contributed by atoms with Gasteiger partial charge in [-0.2, -0.15) is 0 Å². The lowest BCUT2D eigenvalue weighted by atomic mass is 10.1. The van der Waals surface area contributed by atoms with E-state index in [2.05, 4.69) is 10.6 Å². The Morgan fingerprint density at radius 3 is 2.33 bits per heavy atom. The smallest absolute Gasteiger partial charge is 0.330 e. The van der Waals surface area contributed by atoms with E-state index in [-0.39, 0.29) is 18.5 Å². The SMILES string of the molecule is CC(C)NCC(=O)NC(C(=O)O)c1ccccc1. The molecule has 0 saturated carbocycles. The Kier molecular flexibility index (Phi) is 5.32. The number of hydrogen-bond acceptors (Lipinski definition) is 3. The van der Waals surface area contributed by atoms with Crippen LogP contribution in [0.1, 0.15) is 25.5 Å². The van der Waals surface area contributed by atoms with E-state index in [1.165, 1.54) is 0 Å². The lowest BCUT2D eigenvalue weighted by Gasteiger charge is -2.15. The van der Waals surface area contributed by atoms with Crippen molar-refractivity contribution in [2.45, 2.75) is 25.9 Å². The molecule has 1 amide bonds. The summed E-state index contributed by atoms with van der Waals surface area (Å²) in [7, 11) is 0. The van der Waals surface area contributed by atoms with Gasteiger partial charge in [0, 0.05) is 6.04 Å². The van der Waals surface area contributed by atoms with Gasteiger partial charge in [0.1, 0.15) is 0 Å². The number of amides is 1. The van der Waals surface area contributed by atoms with Gasteiger partial charge in [0.05, 0.1) is 6.54 Å². The third-order valence-electron chi connectivity index (χ3n) is 2.36. The normalized spacial score (nSPS) is 12.2. The minimum Gasteiger partial charge on any atom is -0.479 e. The van der Waals surface area contributed by atoms with Gasteiger partial charge >= 0.3 is 5.97 Å². The van der Waals surface area contributed by atoms with Crippen molar-refractivity contribution in [3.63, 3.8) is 0 Å². The predicted octanol–water partition coefficient (Wildman–Crippen LogP) is 0.926. The highest BCUT2D eigenvalue weighted by Gasteiger charge is 2.21. The first kappa shape index (κ1) is 14.2. The zero-order valence-electron chi connectivity index (χ0n) is 10.5. The average molecular weight is 250 g/mol. The average Bonchev–Trinajstić information content (AvgIpc) is 2.34. The third-order valence-corrected chi connectivity index (χ3v) is 2.36. The number of carboxylic acid groups (broad SMARTS) is 1. The fourth-order valence-corrected chi connectivity index (χ4v) is 1.44. The van der Waals surface area contributed by atoms with Crippen molar-refractivity contribution in [1.82, 2.24) is 10.6 Å². The number of hydrogen-bond donors (Lipinski definition) is 3. The fourth-order valence-electron chi connectivity index (χ4n) is 1.44. The maximum absolute atomic E-state index is 11.6. The molecule has 98 valence electrons. The molecule has 0 fully saturated rings. The molecule has 0 bridgehead atoms. The quantitative estimate of drug-likeness (QED) is 0.701. The molecule has 3 N–H and O–H groups in total. The molecule has 0 aliphatic rings. The van der Waals surface area contributed by atoms with Crippen molar-refractivity contribution in [2.24, 2.45) is 0 Å². The Labute approximate surface area is 106 Å². The van der Waals surface area contributed by atoms with Crippen molar-refractivity contribution < 1.29 is 14.7 Å². The minimum absolute atomic E-state index is 0.105. The topological polar surface area (TPSA) is 78.4 Å². The predicted molar refractivity (Wildman–Crippen MR) is 68.1 cm³/mol. The van der Waals surface area contributed by atoms with Gasteiger partial charge in [-0.25, -0.2) is 4.79 Å². The van der Waals surface area contributed by atoms with Gasteiger partial charge in [-0.3, -0.25) is 4.79 Å². The van der Waals surface area contributed by atoms with Crippen LogP contribution < -0.4 is 10.6 Å². The molecule has 1 aromatic carbocycles. The van der Waals surface area contributed by atoms with E-state index in [4.69, 9.17) is 5.11 Å². The van der Waals surface area contributed by atoms with Crippen molar-refractivity contribution in [3.05, 3.63) is 35.9 Å². The van der Waals surface area contributed by atoms with Gasteiger partial charge in [0.15, 0.2) is 6.04 Å². The summed E-state index contributed by atoms with van der Waals surface area (Å²) >= 11 is 0. The fraction of sp³-hybridized carbons (Fsp3) is 0.385. The van der Waals surface area contributed by atoms with Crippen molar-refractivity contribution >= 4 is 11.9 Å². The van der Waals surface area contributed by atoms with Crippen LogP contribution in [-0.4, -0.2) is 29.6 Å². The molecule has 0 saturated heterocycles. The standard InChI is InChI=1S/C13H18N2O3/c1-9(2)14-8-11(16)15-12(13(17)18)10-6-4-3-5-7-10/h3-7,9,12,14H,8H2,1-2H3,(H,15,16)(H,17,18). The summed E-state index contributed by atoms with van der Waals surface area (Å²) in [5.41, 5.74) is 0.558. The van der Waals surface area contributed by atoms with Crippen LogP contribution in [0.3, 0.4) is 0 Å². The molecule has 1 unspecified atom stereocenters. The Morgan fingerprint density at radius 1 is 1.22 bits per heavy atom. The zero-order valence-corrected chi connectivity index (χ0v) is 10.5. The van der Waals surface area contributed by atoms with E-state index in [9.17, 15) is 9.59 Å². The Morgan fingerprint density at radius 2 is 1.83 bits per heavy atom. The molecule has 1 rings (SSSR count). The largest absolute Gasteiger partial charge is 0.479 e. The number of carbonyl (C=O) groups is 2. The molecule has 18 heavy (non-hydrogen) atoms. The molecular formula is C13H18N2O3. The van der Waals surface area contributed by atoms with Crippen LogP contribution in [-0.2, 0) is 9.59 Å². The van der Waals surface area contributed by atoms with E-state index in [1.807, 2.05) is 13.8 Å². The summed E-state index contributed by atoms with van der Waals surface area (Å²) in [5.74, 6) is -1.40. The first-order valence-corrected chi connectivity index (χ1v) is 5.81. The minimum atomic E-state index is -1.07. The second kappa shape index (κ2) is 6.76. The van der Waals surface area contributed by atoms with Crippen molar-refractivity contribution in [3.8, 4) is 0 Å². The monoisotopic (exact) mass is 250 g/mol. The lowest BCUT2D eigenvalue weighted by Crippen LogP contribution is -2.41. The molecule has 0 radical (unpaired) electrons. The van der Waals surface area contributed by atoms with Crippen LogP contribution in [0, 0.1) is 0 Å². The number of carboxylic acids is 1. The number of nitrogens with one attached hydrogen (secondary N) is 2. The van der Waals surface area contributed by atoms with Crippen LogP contribution in [0.25, 0.3) is 0 Å². The summed E-state index contributed by atoms with van der Waals surface area (Å²) in [5, 5.41) is 14.5. The maximum Gasteiger partial charge on any atom is 0.330 e. The highest BCUT2D eigenvalue weighted by Crippen LogP contribution is 2.12. The summed E-state index contributed by atoms with van der Waals surface area (Å²) in [4.78, 5) is 22.7. The number of benzene rings is 1. The van der Waals surface area contributed by atoms with Crippen LogP contribution in [0.15, 0.2) is 30.3 Å². The highest BCUT2D eigenvalue weighted by atomic mass is 16.4. The molecule has 0 heterocycles. The molecular weight excluding hydrogens is 232 g/mol. The molecule has 0 aliphatic carbocycles. The van der Waals surface area contributed by atoms with Gasteiger partial charge < -0.3 is 15.7 Å². The Balaban J connectivity index is 2.65. The van der Waals surface area contributed by atoms with Gasteiger partial charge in [0.25, 0.3) is 0 Å². The Bertz CT molecular complexity index is 404. The molecule has 5 heteroatoms. The third kappa shape index (κ3) is 4.55. The van der Waals surface area contributed by atoms with Crippen molar-refractivity contribution in [1.29, 1.82) is 0 Å². The van der Waals surface area contributed by atoms with E-state index >= 15 is 0 Å². The van der Waals surface area contributed by atoms with Gasteiger partial charge in [-0.15, -0.1) is 0 Å². The molecule has 0 spiro atoms. The summed E-state index contributed by atoms with van der Waals surface area (Å²) in [6, 6.07) is 7.80. The van der Waals surface area contributed by atoms with Gasteiger partial charge in [-0.05, 0) is 5.56 Å². The van der Waals surface area contributed by atoms with Gasteiger partial charge in [0.2, 0.25) is 5.91 Å². The number of carbonyl (C=O) groups excluding carboxylic acids is 1. The summed E-state index contributed by atoms with van der Waals surface area (Å²) in [6.45, 7) is 3.94. The molecule has 0 aromatic heterocycles. The summed E-state index contributed by atoms with van der Waals surface area (Å²) in [6.07, 6.45) is 0. The first-order chi connectivity index (χ1) is 8.50. The number of aliphatic carboxylic acids is 1. The first-order valence-electron chi connectivity index (χ1n) is 5.81. The van der Waals surface area contributed by atoms with Crippen molar-refractivity contribution in [2.75, 3.05) is 6.54 Å². The molecule has 1 atom stereocenters. The lowest BCUT2D eigenvalue weighted by molar-refractivity contribution is -0.141. The van der Waals surface area contributed by atoms with Gasteiger partial charge in [-0.1, -0.05) is 44.2 Å². The molecule has 5 nitrogen and oxygen atoms in total. The van der Waals surface area contributed by atoms with Crippen LogP contribution in [0.5, 0.6) is 0 Å². The Hall–Kier alpha value is -1.88. The maximum atomic E-state index is 11.6. The van der Waals surface area contributed by atoms with E-state index in [0.717, 1.165) is 0 Å². The van der Waals surface area contributed by atoms with E-state index in [1.54, 1.807) is 30.3 Å². The van der Waals surface area contributed by atoms with Crippen LogP contribution in [0.4, 0.5) is 0 Å². The molecule has 0 aliphatic heterocycles.